The lowest BCUT2D eigenvalue weighted by Gasteiger charge is -2.32. The first-order valence-corrected chi connectivity index (χ1v) is 11.9. The second-order valence-electron chi connectivity index (χ2n) is 7.97. The summed E-state index contributed by atoms with van der Waals surface area (Å²) in [6.07, 6.45) is 4.95. The van der Waals surface area contributed by atoms with E-state index in [2.05, 4.69) is 17.2 Å². The molecule has 2 aromatic carbocycles. The minimum absolute atomic E-state index is 0.1000. The second kappa shape index (κ2) is 7.80. The van der Waals surface area contributed by atoms with Crippen LogP contribution >= 0.6 is 0 Å². The SMILES string of the molecule is COc1ccc2[nH]cc(C3CCN(C(=O)c4cc(S(C)(=O)=O)ccc4C)CC3)c2c1. The Morgan fingerprint density at radius 3 is 2.53 bits per heavy atom. The number of likely N-dealkylation sites (tertiary alicyclic amines) is 1. The minimum atomic E-state index is -3.36. The number of H-pyrrole nitrogens is 1. The van der Waals surface area contributed by atoms with Crippen LogP contribution in [0.2, 0.25) is 0 Å². The van der Waals surface area contributed by atoms with Gasteiger partial charge in [0.25, 0.3) is 5.91 Å². The van der Waals surface area contributed by atoms with Crippen LogP contribution in [-0.2, 0) is 9.84 Å². The number of carbonyl (C=O) groups is 1. The van der Waals surface area contributed by atoms with Crippen molar-refractivity contribution in [1.82, 2.24) is 9.88 Å². The third-order valence-corrected chi connectivity index (χ3v) is 7.12. The monoisotopic (exact) mass is 426 g/mol. The number of aromatic nitrogens is 1. The summed E-state index contributed by atoms with van der Waals surface area (Å²) in [7, 11) is -1.69. The second-order valence-corrected chi connectivity index (χ2v) is 9.99. The van der Waals surface area contributed by atoms with Crippen molar-refractivity contribution >= 4 is 26.6 Å². The van der Waals surface area contributed by atoms with E-state index >= 15 is 0 Å². The van der Waals surface area contributed by atoms with Crippen LogP contribution in [0.3, 0.4) is 0 Å². The number of piperidine rings is 1. The summed E-state index contributed by atoms with van der Waals surface area (Å²) in [4.78, 5) is 18.4. The molecule has 4 rings (SSSR count). The van der Waals surface area contributed by atoms with Gasteiger partial charge in [0, 0.05) is 42.0 Å². The van der Waals surface area contributed by atoms with Gasteiger partial charge in [-0.3, -0.25) is 4.79 Å². The molecule has 0 unspecified atom stereocenters. The Hall–Kier alpha value is -2.80. The van der Waals surface area contributed by atoms with Crippen LogP contribution in [0.1, 0.15) is 40.2 Å². The Morgan fingerprint density at radius 1 is 1.13 bits per heavy atom. The van der Waals surface area contributed by atoms with Crippen molar-refractivity contribution in [3.63, 3.8) is 0 Å². The molecule has 0 radical (unpaired) electrons. The van der Waals surface area contributed by atoms with Crippen LogP contribution in [0.15, 0.2) is 47.5 Å². The van der Waals surface area contributed by atoms with Gasteiger partial charge in [0.2, 0.25) is 0 Å². The molecule has 30 heavy (non-hydrogen) atoms. The topological polar surface area (TPSA) is 79.5 Å². The highest BCUT2D eigenvalue weighted by Gasteiger charge is 2.27. The zero-order chi connectivity index (χ0) is 21.5. The molecule has 0 atom stereocenters. The fourth-order valence-corrected chi connectivity index (χ4v) is 4.86. The third-order valence-electron chi connectivity index (χ3n) is 6.01. The summed E-state index contributed by atoms with van der Waals surface area (Å²) in [5.41, 5.74) is 3.59. The number of aromatic amines is 1. The largest absolute Gasteiger partial charge is 0.497 e. The van der Waals surface area contributed by atoms with Gasteiger partial charge in [-0.1, -0.05) is 6.07 Å². The number of rotatable bonds is 4. The maximum absolute atomic E-state index is 13.1. The Labute approximate surface area is 176 Å². The van der Waals surface area contributed by atoms with Crippen molar-refractivity contribution in [3.05, 3.63) is 59.3 Å². The highest BCUT2D eigenvalue weighted by atomic mass is 32.2. The molecule has 1 aliphatic rings. The predicted molar refractivity (Wildman–Crippen MR) is 117 cm³/mol. The average Bonchev–Trinajstić information content (AvgIpc) is 3.16. The number of benzene rings is 2. The van der Waals surface area contributed by atoms with Crippen LogP contribution in [0, 0.1) is 6.92 Å². The third kappa shape index (κ3) is 3.81. The van der Waals surface area contributed by atoms with Gasteiger partial charge >= 0.3 is 0 Å². The number of fused-ring (bicyclic) bond motifs is 1. The molecule has 0 saturated carbocycles. The van der Waals surface area contributed by atoms with Gasteiger partial charge in [-0.2, -0.15) is 0 Å². The zero-order valence-electron chi connectivity index (χ0n) is 17.4. The quantitative estimate of drug-likeness (QED) is 0.686. The van der Waals surface area contributed by atoms with Crippen molar-refractivity contribution in [2.75, 3.05) is 26.5 Å². The van der Waals surface area contributed by atoms with Gasteiger partial charge in [-0.15, -0.1) is 0 Å². The maximum Gasteiger partial charge on any atom is 0.254 e. The van der Waals surface area contributed by atoms with E-state index in [-0.39, 0.29) is 10.8 Å². The number of sulfone groups is 1. The zero-order valence-corrected chi connectivity index (χ0v) is 18.3. The lowest BCUT2D eigenvalue weighted by molar-refractivity contribution is 0.0712. The van der Waals surface area contributed by atoms with Crippen molar-refractivity contribution < 1.29 is 17.9 Å². The summed E-state index contributed by atoms with van der Waals surface area (Å²) < 4.78 is 29.1. The normalized spacial score (nSPS) is 15.5. The van der Waals surface area contributed by atoms with Gasteiger partial charge in [0.15, 0.2) is 9.84 Å². The number of aryl methyl sites for hydroxylation is 1. The first kappa shape index (κ1) is 20.5. The standard InChI is InChI=1S/C23H26N2O4S/c1-15-4-6-18(30(3,27)28)13-19(15)23(26)25-10-8-16(9-11-25)21-14-24-22-7-5-17(29-2)12-20(21)22/h4-7,12-14,16,24H,8-11H2,1-3H3. The summed E-state index contributed by atoms with van der Waals surface area (Å²) in [5.74, 6) is 1.09. The molecule has 3 aromatic rings. The number of ether oxygens (including phenoxy) is 1. The molecular formula is C23H26N2O4S. The maximum atomic E-state index is 13.1. The molecule has 0 bridgehead atoms. The molecule has 7 heteroatoms. The van der Waals surface area contributed by atoms with E-state index < -0.39 is 9.84 Å². The van der Waals surface area contributed by atoms with E-state index in [9.17, 15) is 13.2 Å². The summed E-state index contributed by atoms with van der Waals surface area (Å²) in [6, 6.07) is 10.8. The van der Waals surface area contributed by atoms with Crippen molar-refractivity contribution in [2.24, 2.45) is 0 Å². The molecule has 6 nitrogen and oxygen atoms in total. The highest BCUT2D eigenvalue weighted by molar-refractivity contribution is 7.90. The fraction of sp³-hybridized carbons (Fsp3) is 0.348. The number of nitrogens with zero attached hydrogens (tertiary/aromatic N) is 1. The van der Waals surface area contributed by atoms with Gasteiger partial charge in [-0.25, -0.2) is 8.42 Å². The average molecular weight is 427 g/mol. The van der Waals surface area contributed by atoms with Crippen LogP contribution in [-0.4, -0.2) is 50.7 Å². The first-order chi connectivity index (χ1) is 14.3. The van der Waals surface area contributed by atoms with Crippen LogP contribution < -0.4 is 4.74 Å². The molecular weight excluding hydrogens is 400 g/mol. The Bertz CT molecular complexity index is 1210. The van der Waals surface area contributed by atoms with Gasteiger partial charge in [0.05, 0.1) is 12.0 Å². The molecule has 1 amide bonds. The fourth-order valence-electron chi connectivity index (χ4n) is 4.21. The van der Waals surface area contributed by atoms with E-state index in [1.165, 1.54) is 11.6 Å². The van der Waals surface area contributed by atoms with E-state index in [1.54, 1.807) is 19.2 Å². The van der Waals surface area contributed by atoms with Crippen LogP contribution in [0.5, 0.6) is 5.75 Å². The molecule has 2 heterocycles. The predicted octanol–water partition coefficient (Wildman–Crippen LogP) is 3.91. The minimum Gasteiger partial charge on any atom is -0.497 e. The van der Waals surface area contributed by atoms with E-state index in [0.717, 1.165) is 41.3 Å². The van der Waals surface area contributed by atoms with E-state index in [4.69, 9.17) is 4.74 Å². The van der Waals surface area contributed by atoms with Gasteiger partial charge in [-0.05, 0) is 67.1 Å². The number of amides is 1. The van der Waals surface area contributed by atoms with Crippen molar-refractivity contribution in [1.29, 1.82) is 0 Å². The number of methoxy groups -OCH3 is 1. The van der Waals surface area contributed by atoms with Crippen LogP contribution in [0.25, 0.3) is 10.9 Å². The summed E-state index contributed by atoms with van der Waals surface area (Å²) in [6.45, 7) is 3.12. The molecule has 1 aromatic heterocycles. The van der Waals surface area contributed by atoms with Crippen molar-refractivity contribution in [3.8, 4) is 5.75 Å². The van der Waals surface area contributed by atoms with E-state index in [0.29, 0.717) is 24.6 Å². The van der Waals surface area contributed by atoms with Crippen molar-refractivity contribution in [2.45, 2.75) is 30.6 Å². The first-order valence-electron chi connectivity index (χ1n) is 10.0. The molecule has 0 aliphatic carbocycles. The molecule has 1 fully saturated rings. The number of hydrogen-bond acceptors (Lipinski definition) is 4. The molecule has 1 saturated heterocycles. The Kier molecular flexibility index (Phi) is 5.32. The summed E-state index contributed by atoms with van der Waals surface area (Å²) >= 11 is 0. The molecule has 0 spiro atoms. The number of nitrogens with one attached hydrogen (secondary N) is 1. The summed E-state index contributed by atoms with van der Waals surface area (Å²) in [5, 5.41) is 1.16. The van der Waals surface area contributed by atoms with Gasteiger partial charge in [0.1, 0.15) is 5.75 Å². The van der Waals surface area contributed by atoms with Crippen LogP contribution in [0.4, 0.5) is 0 Å². The Morgan fingerprint density at radius 2 is 1.87 bits per heavy atom. The van der Waals surface area contributed by atoms with E-state index in [1.807, 2.05) is 24.0 Å². The number of hydrogen-bond donors (Lipinski definition) is 1. The Balaban J connectivity index is 1.52. The number of carbonyl (C=O) groups excluding carboxylic acids is 1. The molecule has 1 aliphatic heterocycles. The smallest absolute Gasteiger partial charge is 0.254 e. The highest BCUT2D eigenvalue weighted by Crippen LogP contribution is 2.35. The lowest BCUT2D eigenvalue weighted by Crippen LogP contribution is -2.38. The molecule has 158 valence electrons. The lowest BCUT2D eigenvalue weighted by atomic mass is 9.89. The molecule has 1 N–H and O–H groups in total. The van der Waals surface area contributed by atoms with Gasteiger partial charge < -0.3 is 14.6 Å².